The third kappa shape index (κ3) is 4.94. The van der Waals surface area contributed by atoms with Crippen molar-refractivity contribution in [3.05, 3.63) is 60.2 Å². The molecule has 112 valence electrons. The van der Waals surface area contributed by atoms with Crippen molar-refractivity contribution >= 4 is 59.6 Å². The molecule has 0 aromatic heterocycles. The molecule has 0 bridgehead atoms. The van der Waals surface area contributed by atoms with Crippen LogP contribution in [0.15, 0.2) is 54.6 Å². The van der Waals surface area contributed by atoms with Crippen LogP contribution in [0.25, 0.3) is 0 Å². The van der Waals surface area contributed by atoms with Gasteiger partial charge in [-0.1, -0.05) is 82.7 Å². The Labute approximate surface area is 146 Å². The summed E-state index contributed by atoms with van der Waals surface area (Å²) in [7, 11) is 5.61. The number of anilines is 1. The lowest BCUT2D eigenvalue weighted by Crippen LogP contribution is -2.35. The second kappa shape index (κ2) is 7.41. The van der Waals surface area contributed by atoms with Gasteiger partial charge < -0.3 is 5.32 Å². The summed E-state index contributed by atoms with van der Waals surface area (Å²) in [6, 6.07) is 15.3. The van der Waals surface area contributed by atoms with Gasteiger partial charge in [-0.25, -0.2) is 0 Å². The number of halogens is 3. The first kappa shape index (κ1) is 17.2. The molecule has 0 aliphatic rings. The molecule has 2 rings (SSSR count). The van der Waals surface area contributed by atoms with E-state index in [1.807, 2.05) is 30.3 Å². The normalized spacial score (nSPS) is 12.7. The van der Waals surface area contributed by atoms with E-state index in [4.69, 9.17) is 42.6 Å². The number of hydrogen-bond donors (Lipinski definition) is 1. The maximum atomic E-state index is 12.3. The third-order valence-corrected chi connectivity index (χ3v) is 3.92. The molecule has 2 radical (unpaired) electrons. The molecule has 0 saturated heterocycles. The molecule has 0 aliphatic heterocycles. The predicted molar refractivity (Wildman–Crippen MR) is 94.9 cm³/mol. The average molecular weight is 352 g/mol. The van der Waals surface area contributed by atoms with Crippen molar-refractivity contribution in [2.24, 2.45) is 0 Å². The molecule has 0 fully saturated rings. The summed E-state index contributed by atoms with van der Waals surface area (Å²) in [5.41, 5.74) is 1.91. The largest absolute Gasteiger partial charge is 0.378 e. The number of carbonyl (C=O) groups is 1. The van der Waals surface area contributed by atoms with Crippen LogP contribution in [0.5, 0.6) is 0 Å². The second-order valence-electron chi connectivity index (χ2n) is 4.85. The summed E-state index contributed by atoms with van der Waals surface area (Å²) in [6.45, 7) is 0. The van der Waals surface area contributed by atoms with Gasteiger partial charge in [-0.3, -0.25) is 4.79 Å². The van der Waals surface area contributed by atoms with Crippen LogP contribution >= 0.6 is 34.8 Å². The van der Waals surface area contributed by atoms with E-state index in [0.29, 0.717) is 11.0 Å². The Morgan fingerprint density at radius 1 is 1.05 bits per heavy atom. The topological polar surface area (TPSA) is 29.1 Å². The Bertz CT molecular complexity index is 626. The maximum Gasteiger partial charge on any atom is 0.210 e. The van der Waals surface area contributed by atoms with Crippen LogP contribution in [0.4, 0.5) is 5.69 Å². The molecule has 2 aromatic carbocycles. The molecule has 0 spiro atoms. The highest BCUT2D eigenvalue weighted by atomic mass is 35.6. The van der Waals surface area contributed by atoms with Crippen LogP contribution in [0.1, 0.15) is 16.8 Å². The van der Waals surface area contributed by atoms with Crippen molar-refractivity contribution in [1.82, 2.24) is 0 Å². The van der Waals surface area contributed by atoms with Gasteiger partial charge in [0.05, 0.1) is 6.04 Å². The van der Waals surface area contributed by atoms with E-state index >= 15 is 0 Å². The van der Waals surface area contributed by atoms with E-state index in [0.717, 1.165) is 5.69 Å². The van der Waals surface area contributed by atoms with Gasteiger partial charge in [0.25, 0.3) is 0 Å². The zero-order valence-electron chi connectivity index (χ0n) is 11.6. The molecule has 0 aliphatic carbocycles. The van der Waals surface area contributed by atoms with E-state index in [1.165, 1.54) is 0 Å². The molecular formula is C16H13BCl3NO. The van der Waals surface area contributed by atoms with E-state index in [-0.39, 0.29) is 12.2 Å². The molecule has 1 unspecified atom stereocenters. The lowest BCUT2D eigenvalue weighted by atomic mass is 9.93. The molecule has 0 heterocycles. The SMILES string of the molecule is [B]c1ccc(C(=O)CC(Nc2ccccc2)C(Cl)(Cl)Cl)cc1. The first-order chi connectivity index (χ1) is 10.4. The van der Waals surface area contributed by atoms with E-state index in [2.05, 4.69) is 5.32 Å². The van der Waals surface area contributed by atoms with Gasteiger partial charge in [-0.2, -0.15) is 0 Å². The number of benzene rings is 2. The van der Waals surface area contributed by atoms with Crippen LogP contribution in [0.3, 0.4) is 0 Å². The quantitative estimate of drug-likeness (QED) is 0.502. The van der Waals surface area contributed by atoms with Crippen LogP contribution in [0, 0.1) is 0 Å². The maximum absolute atomic E-state index is 12.3. The Balaban J connectivity index is 2.13. The molecule has 0 saturated carbocycles. The molecule has 0 amide bonds. The Morgan fingerprint density at radius 2 is 1.64 bits per heavy atom. The molecule has 22 heavy (non-hydrogen) atoms. The van der Waals surface area contributed by atoms with Crippen LogP contribution in [0.2, 0.25) is 0 Å². The van der Waals surface area contributed by atoms with Crippen molar-refractivity contribution in [3.8, 4) is 0 Å². The highest BCUT2D eigenvalue weighted by Crippen LogP contribution is 2.34. The second-order valence-corrected chi connectivity index (χ2v) is 7.22. The summed E-state index contributed by atoms with van der Waals surface area (Å²) in [5, 5.41) is 3.09. The van der Waals surface area contributed by atoms with E-state index in [1.54, 1.807) is 24.3 Å². The number of alkyl halides is 3. The molecule has 2 nitrogen and oxygen atoms in total. The standard InChI is InChI=1S/C16H13BCl3NO/c17-12-8-6-11(7-9-12)14(22)10-15(16(18,19)20)21-13-4-2-1-3-5-13/h1-9,15,21H,10H2. The fourth-order valence-corrected chi connectivity index (χ4v) is 2.35. The number of carbonyl (C=O) groups excluding carboxylic acids is 1. The number of nitrogens with one attached hydrogen (secondary N) is 1. The molecule has 6 heteroatoms. The molecular weight excluding hydrogens is 339 g/mol. The lowest BCUT2D eigenvalue weighted by molar-refractivity contribution is 0.0977. The molecule has 1 atom stereocenters. The van der Waals surface area contributed by atoms with Gasteiger partial charge in [-0.05, 0) is 12.1 Å². The van der Waals surface area contributed by atoms with E-state index in [9.17, 15) is 4.79 Å². The Morgan fingerprint density at radius 3 is 2.18 bits per heavy atom. The first-order valence-corrected chi connectivity index (χ1v) is 7.76. The van der Waals surface area contributed by atoms with Crippen molar-refractivity contribution in [2.75, 3.05) is 5.32 Å². The van der Waals surface area contributed by atoms with Crippen molar-refractivity contribution in [3.63, 3.8) is 0 Å². The van der Waals surface area contributed by atoms with Crippen LogP contribution in [-0.2, 0) is 0 Å². The minimum atomic E-state index is -1.61. The first-order valence-electron chi connectivity index (χ1n) is 6.63. The molecule has 2 aromatic rings. The van der Waals surface area contributed by atoms with Gasteiger partial charge in [0.1, 0.15) is 7.85 Å². The van der Waals surface area contributed by atoms with Gasteiger partial charge in [0.15, 0.2) is 5.78 Å². The van der Waals surface area contributed by atoms with Crippen molar-refractivity contribution < 1.29 is 4.79 Å². The Hall–Kier alpha value is -1.16. The summed E-state index contributed by atoms with van der Waals surface area (Å²) >= 11 is 18.0. The zero-order valence-corrected chi connectivity index (χ0v) is 13.9. The van der Waals surface area contributed by atoms with Crippen LogP contribution < -0.4 is 10.8 Å². The number of Topliss-reactive ketones (excluding diaryl/α,β-unsaturated/α-hetero) is 1. The fourth-order valence-electron chi connectivity index (χ4n) is 1.96. The average Bonchev–Trinajstić information content (AvgIpc) is 2.47. The highest BCUT2D eigenvalue weighted by Gasteiger charge is 2.34. The summed E-state index contributed by atoms with van der Waals surface area (Å²) < 4.78 is -1.61. The number of hydrogen-bond acceptors (Lipinski definition) is 2. The highest BCUT2D eigenvalue weighted by molar-refractivity contribution is 6.68. The summed E-state index contributed by atoms with van der Waals surface area (Å²) in [6.07, 6.45) is 0.0509. The smallest absolute Gasteiger partial charge is 0.210 e. The minimum Gasteiger partial charge on any atom is -0.378 e. The number of para-hydroxylation sites is 1. The minimum absolute atomic E-state index is 0.0509. The summed E-state index contributed by atoms with van der Waals surface area (Å²) in [4.78, 5) is 12.3. The van der Waals surface area contributed by atoms with Gasteiger partial charge in [0, 0.05) is 17.7 Å². The number of ketones is 1. The van der Waals surface area contributed by atoms with Gasteiger partial charge in [0.2, 0.25) is 3.79 Å². The van der Waals surface area contributed by atoms with Crippen molar-refractivity contribution in [1.29, 1.82) is 0 Å². The van der Waals surface area contributed by atoms with Gasteiger partial charge >= 0.3 is 0 Å². The van der Waals surface area contributed by atoms with Gasteiger partial charge in [-0.15, -0.1) is 0 Å². The van der Waals surface area contributed by atoms with E-state index < -0.39 is 9.83 Å². The lowest BCUT2D eigenvalue weighted by Gasteiger charge is -2.26. The zero-order chi connectivity index (χ0) is 16.2. The number of rotatable bonds is 5. The monoisotopic (exact) mass is 351 g/mol. The third-order valence-electron chi connectivity index (χ3n) is 3.13. The molecule has 1 N–H and O–H groups in total. The summed E-state index contributed by atoms with van der Waals surface area (Å²) in [5.74, 6) is -0.125. The predicted octanol–water partition coefficient (Wildman–Crippen LogP) is 3.90. The van der Waals surface area contributed by atoms with Crippen molar-refractivity contribution in [2.45, 2.75) is 16.3 Å². The Kier molecular flexibility index (Phi) is 5.79. The fraction of sp³-hybridized carbons (Fsp3) is 0.188. The van der Waals surface area contributed by atoms with Crippen LogP contribution in [-0.4, -0.2) is 23.5 Å².